The molecule has 2 aromatic rings. The van der Waals surface area contributed by atoms with Crippen molar-refractivity contribution in [2.45, 2.75) is 19.3 Å². The molecule has 1 aliphatic heterocycles. The summed E-state index contributed by atoms with van der Waals surface area (Å²) in [6, 6.07) is 9.66. The maximum Gasteiger partial charge on any atom is 0.335 e. The van der Waals surface area contributed by atoms with Gasteiger partial charge in [-0.05, 0) is 55.2 Å². The molecule has 25 heavy (non-hydrogen) atoms. The minimum atomic E-state index is -1.02. The number of aromatic carboxylic acids is 1. The Labute approximate surface area is 145 Å². The fourth-order valence-corrected chi connectivity index (χ4v) is 2.88. The van der Waals surface area contributed by atoms with Crippen LogP contribution in [0.2, 0.25) is 0 Å². The van der Waals surface area contributed by atoms with Gasteiger partial charge in [0, 0.05) is 23.9 Å². The molecule has 0 unspecified atom stereocenters. The highest BCUT2D eigenvalue weighted by Crippen LogP contribution is 2.34. The Bertz CT molecular complexity index is 800. The van der Waals surface area contributed by atoms with Crippen LogP contribution in [0.1, 0.15) is 39.1 Å². The van der Waals surface area contributed by atoms with Crippen molar-refractivity contribution in [1.82, 2.24) is 0 Å². The number of benzene rings is 2. The second-order valence-corrected chi connectivity index (χ2v) is 5.93. The Morgan fingerprint density at radius 3 is 2.52 bits per heavy atom. The van der Waals surface area contributed by atoms with Gasteiger partial charge >= 0.3 is 5.97 Å². The zero-order chi connectivity index (χ0) is 17.8. The average Bonchev–Trinajstić information content (AvgIpc) is 2.85. The van der Waals surface area contributed by atoms with E-state index in [0.29, 0.717) is 17.0 Å². The van der Waals surface area contributed by atoms with Crippen molar-refractivity contribution in [2.24, 2.45) is 0 Å². The number of carboxylic acid groups (broad SMARTS) is 1. The number of aryl methyl sites for hydroxylation is 1. The van der Waals surface area contributed by atoms with Gasteiger partial charge < -0.3 is 20.5 Å². The molecule has 0 saturated carbocycles. The summed E-state index contributed by atoms with van der Waals surface area (Å²) < 4.78 is 5.41. The molecule has 1 aliphatic rings. The summed E-state index contributed by atoms with van der Waals surface area (Å²) in [5.74, 6) is -0.743. The number of carbonyl (C=O) groups excluding carboxylic acids is 1. The van der Waals surface area contributed by atoms with Gasteiger partial charge in [-0.3, -0.25) is 4.79 Å². The summed E-state index contributed by atoms with van der Waals surface area (Å²) in [5.41, 5.74) is 3.33. The monoisotopic (exact) mass is 340 g/mol. The van der Waals surface area contributed by atoms with Crippen molar-refractivity contribution in [1.29, 1.82) is 0 Å². The first-order valence-electron chi connectivity index (χ1n) is 8.18. The maximum absolute atomic E-state index is 12.5. The Balaban J connectivity index is 1.84. The van der Waals surface area contributed by atoms with Crippen LogP contribution in [-0.2, 0) is 6.42 Å². The summed E-state index contributed by atoms with van der Waals surface area (Å²) in [4.78, 5) is 23.4. The molecule has 6 nitrogen and oxygen atoms in total. The fourth-order valence-electron chi connectivity index (χ4n) is 2.88. The second-order valence-electron chi connectivity index (χ2n) is 5.93. The number of anilines is 2. The molecular formula is C19H20N2O4. The van der Waals surface area contributed by atoms with Crippen molar-refractivity contribution >= 4 is 23.3 Å². The number of amides is 1. The van der Waals surface area contributed by atoms with E-state index in [1.807, 2.05) is 12.1 Å². The number of rotatable bonds is 4. The third kappa shape index (κ3) is 3.74. The summed E-state index contributed by atoms with van der Waals surface area (Å²) in [6.07, 6.45) is 3.15. The molecule has 0 bridgehead atoms. The lowest BCUT2D eigenvalue weighted by atomic mass is 10.1. The SMILES string of the molecule is COc1cc2c(cc1NC(=O)c1ccc(C(=O)O)cc1)CCCCN2. The van der Waals surface area contributed by atoms with E-state index in [1.165, 1.54) is 24.3 Å². The lowest BCUT2D eigenvalue weighted by Crippen LogP contribution is -2.13. The highest BCUT2D eigenvalue weighted by atomic mass is 16.5. The molecule has 1 heterocycles. The Hall–Kier alpha value is -3.02. The smallest absolute Gasteiger partial charge is 0.335 e. The van der Waals surface area contributed by atoms with Gasteiger partial charge in [0.15, 0.2) is 0 Å². The maximum atomic E-state index is 12.5. The van der Waals surface area contributed by atoms with E-state index in [2.05, 4.69) is 10.6 Å². The van der Waals surface area contributed by atoms with Crippen molar-refractivity contribution in [3.8, 4) is 5.75 Å². The van der Waals surface area contributed by atoms with E-state index in [4.69, 9.17) is 9.84 Å². The first-order valence-corrected chi connectivity index (χ1v) is 8.18. The third-order valence-corrected chi connectivity index (χ3v) is 4.26. The molecule has 0 radical (unpaired) electrons. The summed E-state index contributed by atoms with van der Waals surface area (Å²) >= 11 is 0. The number of nitrogens with one attached hydrogen (secondary N) is 2. The van der Waals surface area contributed by atoms with Crippen LogP contribution >= 0.6 is 0 Å². The van der Waals surface area contributed by atoms with Gasteiger partial charge in [-0.1, -0.05) is 0 Å². The molecule has 1 amide bonds. The van der Waals surface area contributed by atoms with Gasteiger partial charge in [0.2, 0.25) is 0 Å². The van der Waals surface area contributed by atoms with E-state index in [0.717, 1.165) is 37.1 Å². The zero-order valence-corrected chi connectivity index (χ0v) is 14.0. The highest BCUT2D eigenvalue weighted by Gasteiger charge is 2.15. The molecular weight excluding hydrogens is 320 g/mol. The minimum Gasteiger partial charge on any atom is -0.494 e. The lowest BCUT2D eigenvalue weighted by Gasteiger charge is -2.15. The number of carboxylic acids is 1. The number of hydrogen-bond acceptors (Lipinski definition) is 4. The second kappa shape index (κ2) is 7.25. The van der Waals surface area contributed by atoms with Gasteiger partial charge in [0.1, 0.15) is 5.75 Å². The third-order valence-electron chi connectivity index (χ3n) is 4.26. The Morgan fingerprint density at radius 1 is 1.12 bits per heavy atom. The molecule has 2 aromatic carbocycles. The zero-order valence-electron chi connectivity index (χ0n) is 14.0. The molecule has 6 heteroatoms. The van der Waals surface area contributed by atoms with Crippen LogP contribution < -0.4 is 15.4 Å². The predicted octanol–water partition coefficient (Wildman–Crippen LogP) is 3.39. The molecule has 0 saturated heterocycles. The first-order chi connectivity index (χ1) is 12.1. The summed E-state index contributed by atoms with van der Waals surface area (Å²) in [5, 5.41) is 15.2. The molecule has 0 fully saturated rings. The van der Waals surface area contributed by atoms with Crippen LogP contribution in [0.3, 0.4) is 0 Å². The van der Waals surface area contributed by atoms with Crippen molar-refractivity contribution < 1.29 is 19.4 Å². The Kier molecular flexibility index (Phi) is 4.88. The van der Waals surface area contributed by atoms with Crippen molar-refractivity contribution in [3.63, 3.8) is 0 Å². The quantitative estimate of drug-likeness (QED) is 0.794. The van der Waals surface area contributed by atoms with Gasteiger partial charge in [-0.15, -0.1) is 0 Å². The van der Waals surface area contributed by atoms with E-state index in [9.17, 15) is 9.59 Å². The molecule has 0 aromatic heterocycles. The number of methoxy groups -OCH3 is 1. The number of fused-ring (bicyclic) bond motifs is 1. The Morgan fingerprint density at radius 2 is 1.84 bits per heavy atom. The standard InChI is InChI=1S/C19H20N2O4/c1-25-17-11-15-14(4-2-3-9-20-15)10-16(17)21-18(22)12-5-7-13(8-6-12)19(23)24/h5-8,10-11,20H,2-4,9H2,1H3,(H,21,22)(H,23,24). The van der Waals surface area contributed by atoms with Crippen molar-refractivity contribution in [3.05, 3.63) is 53.1 Å². The van der Waals surface area contributed by atoms with Crippen LogP contribution in [0.4, 0.5) is 11.4 Å². The van der Waals surface area contributed by atoms with Crippen LogP contribution in [-0.4, -0.2) is 30.6 Å². The fraction of sp³-hybridized carbons (Fsp3) is 0.263. The van der Waals surface area contributed by atoms with Gasteiger partial charge in [0.25, 0.3) is 5.91 Å². The lowest BCUT2D eigenvalue weighted by molar-refractivity contribution is 0.0696. The first kappa shape index (κ1) is 16.8. The van der Waals surface area contributed by atoms with Gasteiger partial charge in [0.05, 0.1) is 18.4 Å². The molecule has 3 rings (SSSR count). The molecule has 0 aliphatic carbocycles. The van der Waals surface area contributed by atoms with Crippen LogP contribution in [0.15, 0.2) is 36.4 Å². The van der Waals surface area contributed by atoms with Gasteiger partial charge in [-0.25, -0.2) is 4.79 Å². The van der Waals surface area contributed by atoms with Gasteiger partial charge in [-0.2, -0.15) is 0 Å². The van der Waals surface area contributed by atoms with E-state index in [-0.39, 0.29) is 11.5 Å². The molecule has 0 spiro atoms. The topological polar surface area (TPSA) is 87.7 Å². The van der Waals surface area contributed by atoms with Crippen molar-refractivity contribution in [2.75, 3.05) is 24.3 Å². The summed E-state index contributed by atoms with van der Waals surface area (Å²) in [6.45, 7) is 0.928. The number of carbonyl (C=O) groups is 2. The average molecular weight is 340 g/mol. The predicted molar refractivity (Wildman–Crippen MR) is 95.8 cm³/mol. The molecule has 0 atom stereocenters. The van der Waals surface area contributed by atoms with Crippen LogP contribution in [0, 0.1) is 0 Å². The number of hydrogen-bond donors (Lipinski definition) is 3. The number of ether oxygens (including phenoxy) is 1. The minimum absolute atomic E-state index is 0.144. The largest absolute Gasteiger partial charge is 0.494 e. The van der Waals surface area contributed by atoms with Crippen LogP contribution in [0.25, 0.3) is 0 Å². The molecule has 130 valence electrons. The highest BCUT2D eigenvalue weighted by molar-refractivity contribution is 6.05. The van der Waals surface area contributed by atoms with E-state index < -0.39 is 5.97 Å². The molecule has 3 N–H and O–H groups in total. The van der Waals surface area contributed by atoms with Crippen LogP contribution in [0.5, 0.6) is 5.75 Å². The normalized spacial score (nSPS) is 13.2. The van der Waals surface area contributed by atoms with E-state index >= 15 is 0 Å². The summed E-state index contributed by atoms with van der Waals surface area (Å²) in [7, 11) is 1.57. The van der Waals surface area contributed by atoms with E-state index in [1.54, 1.807) is 7.11 Å².